The van der Waals surface area contributed by atoms with Crippen LogP contribution in [-0.2, 0) is 9.59 Å². The highest BCUT2D eigenvalue weighted by Gasteiger charge is 2.24. The lowest BCUT2D eigenvalue weighted by atomic mass is 10.5. The van der Waals surface area contributed by atoms with Gasteiger partial charge in [-0.2, -0.15) is 5.10 Å². The van der Waals surface area contributed by atoms with Crippen molar-refractivity contribution in [1.82, 2.24) is 10.2 Å². The third kappa shape index (κ3) is 5.43. The first kappa shape index (κ1) is 13.6. The molecule has 2 amide bonds. The Morgan fingerprint density at radius 1 is 1.53 bits per heavy atom. The molecule has 1 saturated carbocycles. The second-order valence-electron chi connectivity index (χ2n) is 3.85. The molecule has 0 aliphatic heterocycles. The Balaban J connectivity index is 2.22. The maximum atomic E-state index is 11.6. The third-order valence-electron chi connectivity index (χ3n) is 2.22. The summed E-state index contributed by atoms with van der Waals surface area (Å²) in [5.41, 5.74) is 5.33. The van der Waals surface area contributed by atoms with E-state index in [0.717, 1.165) is 24.6 Å². The highest BCUT2D eigenvalue weighted by molar-refractivity contribution is 8.14. The van der Waals surface area contributed by atoms with Gasteiger partial charge in [-0.3, -0.25) is 9.59 Å². The minimum Gasteiger partial charge on any atom is -0.377 e. The maximum Gasteiger partial charge on any atom is 0.239 e. The van der Waals surface area contributed by atoms with Gasteiger partial charge in [0.25, 0.3) is 0 Å². The molecule has 0 radical (unpaired) electrons. The van der Waals surface area contributed by atoms with E-state index < -0.39 is 0 Å². The molecule has 1 fully saturated rings. The van der Waals surface area contributed by atoms with Gasteiger partial charge in [-0.1, -0.05) is 11.8 Å². The Bertz CT molecular complexity index is 329. The SMILES string of the molecule is CN(CC(=O)NC1CC1)C(=O)CSC(N)=NN. The number of hydrogen-bond donors (Lipinski definition) is 3. The van der Waals surface area contributed by atoms with Crippen LogP contribution >= 0.6 is 11.8 Å². The van der Waals surface area contributed by atoms with E-state index in [0.29, 0.717) is 6.04 Å². The summed E-state index contributed by atoms with van der Waals surface area (Å²) in [6, 6.07) is 0.306. The summed E-state index contributed by atoms with van der Waals surface area (Å²) in [5, 5.41) is 6.19. The molecule has 1 rings (SSSR count). The molecular formula is C9H17N5O2S. The zero-order valence-electron chi connectivity index (χ0n) is 9.68. The molecule has 0 saturated heterocycles. The van der Waals surface area contributed by atoms with Crippen molar-refractivity contribution in [3.63, 3.8) is 0 Å². The Kier molecular flexibility index (Phi) is 5.08. The lowest BCUT2D eigenvalue weighted by Gasteiger charge is -2.16. The van der Waals surface area contributed by atoms with Gasteiger partial charge in [-0.15, -0.1) is 0 Å². The number of rotatable bonds is 5. The zero-order chi connectivity index (χ0) is 12.8. The van der Waals surface area contributed by atoms with E-state index >= 15 is 0 Å². The Morgan fingerprint density at radius 2 is 2.18 bits per heavy atom. The average molecular weight is 259 g/mol. The summed E-state index contributed by atoms with van der Waals surface area (Å²) in [5.74, 6) is 4.74. The van der Waals surface area contributed by atoms with Gasteiger partial charge in [-0.25, -0.2) is 0 Å². The Hall–Kier alpha value is -1.44. The van der Waals surface area contributed by atoms with Crippen LogP contribution in [0.15, 0.2) is 5.10 Å². The van der Waals surface area contributed by atoms with Crippen molar-refractivity contribution in [3.8, 4) is 0 Å². The van der Waals surface area contributed by atoms with Crippen molar-refractivity contribution in [3.05, 3.63) is 0 Å². The number of amidine groups is 1. The van der Waals surface area contributed by atoms with E-state index in [1.165, 1.54) is 4.90 Å². The van der Waals surface area contributed by atoms with E-state index in [-0.39, 0.29) is 29.3 Å². The van der Waals surface area contributed by atoms with Gasteiger partial charge in [0.15, 0.2) is 5.17 Å². The van der Waals surface area contributed by atoms with E-state index in [9.17, 15) is 9.59 Å². The van der Waals surface area contributed by atoms with Crippen LogP contribution in [0.5, 0.6) is 0 Å². The standard InChI is InChI=1S/C9H17N5O2S/c1-14(4-7(15)12-6-2-3-6)8(16)5-17-9(10)13-11/h6H,2-5,11H2,1H3,(H2,10,13)(H,12,15). The lowest BCUT2D eigenvalue weighted by Crippen LogP contribution is -2.40. The van der Waals surface area contributed by atoms with E-state index in [1.807, 2.05) is 0 Å². The number of thioether (sulfide) groups is 1. The molecule has 96 valence electrons. The smallest absolute Gasteiger partial charge is 0.239 e. The van der Waals surface area contributed by atoms with Crippen LogP contribution < -0.4 is 16.9 Å². The molecule has 0 aromatic heterocycles. The first-order chi connectivity index (χ1) is 8.02. The number of carbonyl (C=O) groups is 2. The summed E-state index contributed by atoms with van der Waals surface area (Å²) in [7, 11) is 1.57. The minimum atomic E-state index is -0.187. The van der Waals surface area contributed by atoms with E-state index in [2.05, 4.69) is 10.4 Å². The van der Waals surface area contributed by atoms with Crippen molar-refractivity contribution in [2.75, 3.05) is 19.3 Å². The number of nitrogens with two attached hydrogens (primary N) is 2. The number of likely N-dealkylation sites (N-methyl/N-ethyl adjacent to an activating group) is 1. The zero-order valence-corrected chi connectivity index (χ0v) is 10.5. The van der Waals surface area contributed by atoms with Crippen molar-refractivity contribution in [2.24, 2.45) is 16.7 Å². The van der Waals surface area contributed by atoms with Gasteiger partial charge >= 0.3 is 0 Å². The topological polar surface area (TPSA) is 114 Å². The van der Waals surface area contributed by atoms with Gasteiger partial charge in [0.05, 0.1) is 12.3 Å². The van der Waals surface area contributed by atoms with E-state index in [1.54, 1.807) is 7.05 Å². The fourth-order valence-electron chi connectivity index (χ4n) is 1.09. The van der Waals surface area contributed by atoms with Crippen LogP contribution in [0.4, 0.5) is 0 Å². The van der Waals surface area contributed by atoms with Crippen LogP contribution in [0.25, 0.3) is 0 Å². The van der Waals surface area contributed by atoms with Crippen molar-refractivity contribution < 1.29 is 9.59 Å². The third-order valence-corrected chi connectivity index (χ3v) is 3.01. The summed E-state index contributed by atoms with van der Waals surface area (Å²) in [6.45, 7) is 0.0650. The van der Waals surface area contributed by atoms with E-state index in [4.69, 9.17) is 11.6 Å². The van der Waals surface area contributed by atoms with Gasteiger partial charge in [0.1, 0.15) is 0 Å². The summed E-state index contributed by atoms with van der Waals surface area (Å²) < 4.78 is 0. The summed E-state index contributed by atoms with van der Waals surface area (Å²) in [4.78, 5) is 24.4. The Morgan fingerprint density at radius 3 is 2.71 bits per heavy atom. The van der Waals surface area contributed by atoms with Crippen LogP contribution in [0, 0.1) is 0 Å². The molecule has 7 nitrogen and oxygen atoms in total. The molecule has 0 aromatic rings. The highest BCUT2D eigenvalue weighted by atomic mass is 32.2. The predicted octanol–water partition coefficient (Wildman–Crippen LogP) is -1.35. The molecule has 1 aliphatic carbocycles. The van der Waals surface area contributed by atoms with Crippen LogP contribution in [-0.4, -0.2) is 47.3 Å². The Labute approximate surface area is 104 Å². The largest absolute Gasteiger partial charge is 0.377 e. The molecule has 0 unspecified atom stereocenters. The summed E-state index contributed by atoms with van der Waals surface area (Å²) in [6.07, 6.45) is 2.06. The van der Waals surface area contributed by atoms with Crippen LogP contribution in [0.3, 0.4) is 0 Å². The molecule has 0 spiro atoms. The maximum absolute atomic E-state index is 11.6. The van der Waals surface area contributed by atoms with Crippen LogP contribution in [0.1, 0.15) is 12.8 Å². The molecule has 8 heteroatoms. The van der Waals surface area contributed by atoms with Gasteiger partial charge < -0.3 is 21.8 Å². The first-order valence-corrected chi connectivity index (χ1v) is 6.21. The number of amides is 2. The van der Waals surface area contributed by atoms with Gasteiger partial charge in [0.2, 0.25) is 11.8 Å². The number of hydrogen-bond acceptors (Lipinski definition) is 5. The van der Waals surface area contributed by atoms with Crippen molar-refractivity contribution >= 4 is 28.7 Å². The quantitative estimate of drug-likeness (QED) is 0.244. The molecule has 0 heterocycles. The fourth-order valence-corrected chi connectivity index (χ4v) is 1.65. The molecule has 0 atom stereocenters. The number of nitrogens with zero attached hydrogens (tertiary/aromatic N) is 2. The highest BCUT2D eigenvalue weighted by Crippen LogP contribution is 2.18. The lowest BCUT2D eigenvalue weighted by molar-refractivity contribution is -0.132. The van der Waals surface area contributed by atoms with Gasteiger partial charge in [-0.05, 0) is 12.8 Å². The molecule has 1 aliphatic rings. The van der Waals surface area contributed by atoms with Crippen molar-refractivity contribution in [2.45, 2.75) is 18.9 Å². The number of carbonyl (C=O) groups excluding carboxylic acids is 2. The fraction of sp³-hybridized carbons (Fsp3) is 0.667. The molecule has 0 bridgehead atoms. The monoisotopic (exact) mass is 259 g/mol. The summed E-state index contributed by atoms with van der Waals surface area (Å²) >= 11 is 1.05. The van der Waals surface area contributed by atoms with Crippen molar-refractivity contribution in [1.29, 1.82) is 0 Å². The number of hydrazone groups is 1. The molecular weight excluding hydrogens is 242 g/mol. The second-order valence-corrected chi connectivity index (χ2v) is 4.84. The normalized spacial score (nSPS) is 15.5. The van der Waals surface area contributed by atoms with Gasteiger partial charge in [0, 0.05) is 13.1 Å². The number of nitrogens with one attached hydrogen (secondary N) is 1. The van der Waals surface area contributed by atoms with Crippen LogP contribution in [0.2, 0.25) is 0 Å². The minimum absolute atomic E-state index is 0.0650. The average Bonchev–Trinajstić information content (AvgIpc) is 3.08. The molecule has 17 heavy (non-hydrogen) atoms. The predicted molar refractivity (Wildman–Crippen MR) is 67.1 cm³/mol. The first-order valence-electron chi connectivity index (χ1n) is 5.22. The molecule has 5 N–H and O–H groups in total. The molecule has 0 aromatic carbocycles. The second kappa shape index (κ2) is 6.33.